The van der Waals surface area contributed by atoms with Gasteiger partial charge in [0.2, 0.25) is 0 Å². The number of likely N-dealkylation sites (tertiary alicyclic amines) is 1. The van der Waals surface area contributed by atoms with E-state index >= 15 is 0 Å². The standard InChI is InChI=1S/C16H23NO/c1-3-16-9-4-10-17(2)15(16)8-6-12-5-7-13(18)11-14(12)16/h5,7,11,15,18H,3-4,6,8-10H2,1-2H3/t15-,16-/m1/s1. The van der Waals surface area contributed by atoms with Crippen LogP contribution < -0.4 is 0 Å². The fraction of sp³-hybridized carbons (Fsp3) is 0.625. The van der Waals surface area contributed by atoms with E-state index in [1.54, 1.807) is 0 Å². The van der Waals surface area contributed by atoms with Crippen molar-refractivity contribution >= 4 is 0 Å². The van der Waals surface area contributed by atoms with Gasteiger partial charge in [-0.3, -0.25) is 0 Å². The van der Waals surface area contributed by atoms with Crippen molar-refractivity contribution in [3.05, 3.63) is 29.3 Å². The molecule has 18 heavy (non-hydrogen) atoms. The molecule has 0 amide bonds. The van der Waals surface area contributed by atoms with Crippen LogP contribution in [0, 0.1) is 0 Å². The number of piperidine rings is 1. The first-order valence-corrected chi connectivity index (χ1v) is 7.20. The van der Waals surface area contributed by atoms with Crippen LogP contribution in [-0.4, -0.2) is 29.6 Å². The Balaban J connectivity index is 2.14. The van der Waals surface area contributed by atoms with Gasteiger partial charge in [-0.25, -0.2) is 0 Å². The Morgan fingerprint density at radius 3 is 3.06 bits per heavy atom. The van der Waals surface area contributed by atoms with E-state index in [9.17, 15) is 5.11 Å². The van der Waals surface area contributed by atoms with Gasteiger partial charge < -0.3 is 10.0 Å². The number of phenolic OH excluding ortho intramolecular Hbond substituents is 1. The number of hydrogen-bond acceptors (Lipinski definition) is 2. The van der Waals surface area contributed by atoms with E-state index in [1.165, 1.54) is 43.4 Å². The number of nitrogens with zero attached hydrogens (tertiary/aromatic N) is 1. The van der Waals surface area contributed by atoms with Gasteiger partial charge in [0.25, 0.3) is 0 Å². The highest BCUT2D eigenvalue weighted by Crippen LogP contribution is 2.48. The molecule has 0 aromatic heterocycles. The van der Waals surface area contributed by atoms with Gasteiger partial charge in [-0.15, -0.1) is 0 Å². The minimum absolute atomic E-state index is 0.277. The average molecular weight is 245 g/mol. The summed E-state index contributed by atoms with van der Waals surface area (Å²) in [6.45, 7) is 3.53. The largest absolute Gasteiger partial charge is 0.508 e. The van der Waals surface area contributed by atoms with Crippen LogP contribution in [0.25, 0.3) is 0 Å². The molecule has 1 aromatic rings. The van der Waals surface area contributed by atoms with Gasteiger partial charge >= 0.3 is 0 Å². The predicted octanol–water partition coefficient (Wildman–Crippen LogP) is 3.08. The molecule has 2 aliphatic rings. The minimum atomic E-state index is 0.277. The van der Waals surface area contributed by atoms with Crippen molar-refractivity contribution < 1.29 is 5.11 Å². The topological polar surface area (TPSA) is 23.5 Å². The van der Waals surface area contributed by atoms with Crippen molar-refractivity contribution in [1.82, 2.24) is 4.90 Å². The Morgan fingerprint density at radius 1 is 1.44 bits per heavy atom. The lowest BCUT2D eigenvalue weighted by Crippen LogP contribution is -2.55. The third-order valence-corrected chi connectivity index (χ3v) is 5.25. The molecule has 2 nitrogen and oxygen atoms in total. The molecule has 0 spiro atoms. The number of benzene rings is 1. The quantitative estimate of drug-likeness (QED) is 0.822. The summed E-state index contributed by atoms with van der Waals surface area (Å²) in [6.07, 6.45) is 6.15. The second kappa shape index (κ2) is 4.27. The van der Waals surface area contributed by atoms with Crippen molar-refractivity contribution in [2.75, 3.05) is 13.6 Å². The zero-order chi connectivity index (χ0) is 12.8. The molecule has 2 atom stereocenters. The van der Waals surface area contributed by atoms with Crippen LogP contribution in [0.15, 0.2) is 18.2 Å². The number of rotatable bonds is 1. The van der Waals surface area contributed by atoms with Crippen molar-refractivity contribution in [3.8, 4) is 5.75 Å². The van der Waals surface area contributed by atoms with Crippen LogP contribution in [0.3, 0.4) is 0 Å². The molecule has 1 heterocycles. The lowest BCUT2D eigenvalue weighted by molar-refractivity contribution is 0.0706. The van der Waals surface area contributed by atoms with Crippen LogP contribution in [0.1, 0.15) is 43.7 Å². The molecule has 0 unspecified atom stereocenters. The van der Waals surface area contributed by atoms with Gasteiger partial charge in [0, 0.05) is 11.5 Å². The molecule has 1 fully saturated rings. The molecule has 0 bridgehead atoms. The fourth-order valence-electron chi connectivity index (χ4n) is 4.34. The normalized spacial score (nSPS) is 31.8. The highest BCUT2D eigenvalue weighted by molar-refractivity contribution is 5.44. The van der Waals surface area contributed by atoms with Gasteiger partial charge in [-0.2, -0.15) is 0 Å². The highest BCUT2D eigenvalue weighted by Gasteiger charge is 2.46. The maximum Gasteiger partial charge on any atom is 0.115 e. The lowest BCUT2D eigenvalue weighted by Gasteiger charge is -2.52. The van der Waals surface area contributed by atoms with Crippen molar-refractivity contribution in [2.24, 2.45) is 0 Å². The first kappa shape index (κ1) is 12.0. The number of aryl methyl sites for hydroxylation is 1. The third kappa shape index (κ3) is 1.58. The third-order valence-electron chi connectivity index (χ3n) is 5.25. The van der Waals surface area contributed by atoms with Crippen LogP contribution in [0.2, 0.25) is 0 Å². The molecular weight excluding hydrogens is 222 g/mol. The Bertz CT molecular complexity index is 456. The summed E-state index contributed by atoms with van der Waals surface area (Å²) in [7, 11) is 2.27. The van der Waals surface area contributed by atoms with E-state index in [2.05, 4.69) is 24.9 Å². The summed E-state index contributed by atoms with van der Waals surface area (Å²) >= 11 is 0. The number of phenols is 1. The molecule has 1 saturated heterocycles. The maximum atomic E-state index is 9.84. The average Bonchev–Trinajstić information content (AvgIpc) is 2.39. The van der Waals surface area contributed by atoms with E-state index < -0.39 is 0 Å². The van der Waals surface area contributed by atoms with E-state index in [-0.39, 0.29) is 5.41 Å². The first-order chi connectivity index (χ1) is 8.67. The highest BCUT2D eigenvalue weighted by atomic mass is 16.3. The van der Waals surface area contributed by atoms with Crippen molar-refractivity contribution in [1.29, 1.82) is 0 Å². The molecule has 0 radical (unpaired) electrons. The number of likely N-dealkylation sites (N-methyl/N-ethyl adjacent to an activating group) is 1. The Morgan fingerprint density at radius 2 is 2.28 bits per heavy atom. The van der Waals surface area contributed by atoms with Gasteiger partial charge in [-0.1, -0.05) is 13.0 Å². The molecule has 1 aliphatic carbocycles. The molecular formula is C16H23NO. The smallest absolute Gasteiger partial charge is 0.115 e. The fourth-order valence-corrected chi connectivity index (χ4v) is 4.34. The number of aromatic hydroxyl groups is 1. The SMILES string of the molecule is CC[C@]12CCCN(C)[C@@H]1CCc1ccc(O)cc12. The lowest BCUT2D eigenvalue weighted by atomic mass is 9.61. The predicted molar refractivity (Wildman–Crippen MR) is 74.0 cm³/mol. The van der Waals surface area contributed by atoms with Gasteiger partial charge in [0.15, 0.2) is 0 Å². The number of hydrogen-bond donors (Lipinski definition) is 1. The first-order valence-electron chi connectivity index (χ1n) is 7.20. The molecule has 98 valence electrons. The second-order valence-corrected chi connectivity index (χ2v) is 5.99. The summed E-state index contributed by atoms with van der Waals surface area (Å²) in [5.41, 5.74) is 3.16. The summed E-state index contributed by atoms with van der Waals surface area (Å²) in [5, 5.41) is 9.84. The summed E-state index contributed by atoms with van der Waals surface area (Å²) in [6, 6.07) is 6.66. The Labute approximate surface area is 110 Å². The molecule has 3 rings (SSSR count). The minimum Gasteiger partial charge on any atom is -0.508 e. The zero-order valence-electron chi connectivity index (χ0n) is 11.4. The van der Waals surface area contributed by atoms with Crippen molar-refractivity contribution in [2.45, 2.75) is 50.5 Å². The molecule has 1 aromatic carbocycles. The van der Waals surface area contributed by atoms with Crippen molar-refractivity contribution in [3.63, 3.8) is 0 Å². The Kier molecular flexibility index (Phi) is 2.86. The summed E-state index contributed by atoms with van der Waals surface area (Å²) in [4.78, 5) is 2.54. The molecule has 2 heteroatoms. The monoisotopic (exact) mass is 245 g/mol. The maximum absolute atomic E-state index is 9.84. The van der Waals surface area contributed by atoms with Gasteiger partial charge in [0.1, 0.15) is 5.75 Å². The molecule has 1 aliphatic heterocycles. The second-order valence-electron chi connectivity index (χ2n) is 5.99. The number of fused-ring (bicyclic) bond motifs is 3. The van der Waals surface area contributed by atoms with Crippen LogP contribution in [-0.2, 0) is 11.8 Å². The zero-order valence-corrected chi connectivity index (χ0v) is 11.4. The van der Waals surface area contributed by atoms with Gasteiger partial charge in [-0.05, 0) is 69.0 Å². The van der Waals surface area contributed by atoms with Crippen LogP contribution in [0.4, 0.5) is 0 Å². The van der Waals surface area contributed by atoms with Crippen LogP contribution in [0.5, 0.6) is 5.75 Å². The van der Waals surface area contributed by atoms with Crippen LogP contribution >= 0.6 is 0 Å². The van der Waals surface area contributed by atoms with E-state index in [1.807, 2.05) is 12.1 Å². The summed E-state index contributed by atoms with van der Waals surface area (Å²) in [5.74, 6) is 0.426. The van der Waals surface area contributed by atoms with E-state index in [4.69, 9.17) is 0 Å². The van der Waals surface area contributed by atoms with E-state index in [0.29, 0.717) is 11.8 Å². The molecule has 1 N–H and O–H groups in total. The van der Waals surface area contributed by atoms with E-state index in [0.717, 1.165) is 6.42 Å². The van der Waals surface area contributed by atoms with Gasteiger partial charge in [0.05, 0.1) is 0 Å². The summed E-state index contributed by atoms with van der Waals surface area (Å²) < 4.78 is 0. The Hall–Kier alpha value is -1.02. The molecule has 0 saturated carbocycles.